The van der Waals surface area contributed by atoms with Crippen molar-refractivity contribution in [3.63, 3.8) is 0 Å². The van der Waals surface area contributed by atoms with Crippen molar-refractivity contribution in [1.29, 1.82) is 0 Å². The number of methoxy groups -OCH3 is 2. The van der Waals surface area contributed by atoms with Crippen molar-refractivity contribution in [1.82, 2.24) is 4.90 Å². The molecular formula is C22H27N3O5. The second-order valence-electron chi connectivity index (χ2n) is 7.34. The molecule has 2 aromatic carbocycles. The van der Waals surface area contributed by atoms with E-state index in [1.54, 1.807) is 50.6 Å². The average molecular weight is 413 g/mol. The maximum atomic E-state index is 13.0. The van der Waals surface area contributed by atoms with Gasteiger partial charge in [-0.05, 0) is 44.0 Å². The van der Waals surface area contributed by atoms with E-state index in [0.717, 1.165) is 25.9 Å². The lowest BCUT2D eigenvalue weighted by atomic mass is 9.98. The lowest BCUT2D eigenvalue weighted by molar-refractivity contribution is -0.384. The van der Waals surface area contributed by atoms with Crippen LogP contribution in [0, 0.1) is 10.1 Å². The monoisotopic (exact) mass is 413 g/mol. The number of para-hydroxylation sites is 2. The molecule has 160 valence electrons. The zero-order chi connectivity index (χ0) is 21.7. The number of nitro benzene ring substituents is 1. The highest BCUT2D eigenvalue weighted by atomic mass is 16.6. The number of hydrogen-bond acceptors (Lipinski definition) is 7. The van der Waals surface area contributed by atoms with Crippen molar-refractivity contribution in [3.8, 4) is 11.5 Å². The number of nitrogens with zero attached hydrogens (tertiary/aromatic N) is 2. The summed E-state index contributed by atoms with van der Waals surface area (Å²) in [6, 6.07) is 11.7. The third kappa shape index (κ3) is 4.71. The number of carbonyl (C=O) groups is 1. The Bertz CT molecular complexity index is 909. The highest BCUT2D eigenvalue weighted by molar-refractivity contribution is 6.00. The molecule has 1 heterocycles. The summed E-state index contributed by atoms with van der Waals surface area (Å²) >= 11 is 0. The molecule has 0 aromatic heterocycles. The summed E-state index contributed by atoms with van der Waals surface area (Å²) in [5, 5.41) is 14.5. The second kappa shape index (κ2) is 9.58. The lowest BCUT2D eigenvalue weighted by Gasteiger charge is -2.36. The van der Waals surface area contributed by atoms with Crippen LogP contribution in [0.3, 0.4) is 0 Å². The van der Waals surface area contributed by atoms with Gasteiger partial charge in [0.25, 0.3) is 5.69 Å². The molecule has 8 nitrogen and oxygen atoms in total. The van der Waals surface area contributed by atoms with Crippen LogP contribution in [0.2, 0.25) is 0 Å². The topological polar surface area (TPSA) is 93.9 Å². The number of hydrogen-bond donors (Lipinski definition) is 1. The molecule has 1 aliphatic rings. The number of Topliss-reactive ketones (excluding diaryl/α,β-unsaturated/α-hetero) is 1. The van der Waals surface area contributed by atoms with Gasteiger partial charge in [0.1, 0.15) is 5.69 Å². The van der Waals surface area contributed by atoms with Gasteiger partial charge in [0.15, 0.2) is 17.3 Å². The molecule has 1 N–H and O–H groups in total. The molecule has 8 heteroatoms. The fourth-order valence-corrected chi connectivity index (χ4v) is 3.80. The zero-order valence-corrected chi connectivity index (χ0v) is 17.5. The average Bonchev–Trinajstić information content (AvgIpc) is 2.78. The molecule has 1 aliphatic heterocycles. The molecule has 0 bridgehead atoms. The van der Waals surface area contributed by atoms with E-state index in [0.29, 0.717) is 22.7 Å². The van der Waals surface area contributed by atoms with Crippen molar-refractivity contribution in [3.05, 3.63) is 58.1 Å². The standard InChI is InChI=1S/C22H27N3O5/c1-15(22(26)16-8-9-20(29-2)21(14-16)30-3)24-12-10-17(11-13-24)23-18-6-4-5-7-19(18)25(27)28/h4-9,14-15,17,23H,10-13H2,1-3H3. The minimum Gasteiger partial charge on any atom is -0.493 e. The Kier molecular flexibility index (Phi) is 6.89. The van der Waals surface area contributed by atoms with Crippen LogP contribution in [-0.2, 0) is 0 Å². The SMILES string of the molecule is COc1ccc(C(=O)C(C)N2CCC(Nc3ccccc3[N+](=O)[O-])CC2)cc1OC. The Balaban J connectivity index is 1.61. The minimum absolute atomic E-state index is 0.0288. The first-order valence-electron chi connectivity index (χ1n) is 9.94. The fraction of sp³-hybridized carbons (Fsp3) is 0.409. The predicted octanol–water partition coefficient (Wildman–Crippen LogP) is 3.76. The number of likely N-dealkylation sites (tertiary alicyclic amines) is 1. The van der Waals surface area contributed by atoms with Gasteiger partial charge >= 0.3 is 0 Å². The molecule has 2 aromatic rings. The number of ether oxygens (including phenoxy) is 2. The summed E-state index contributed by atoms with van der Waals surface area (Å²) in [6.45, 7) is 3.38. The maximum Gasteiger partial charge on any atom is 0.292 e. The summed E-state index contributed by atoms with van der Waals surface area (Å²) in [6.07, 6.45) is 1.60. The van der Waals surface area contributed by atoms with E-state index >= 15 is 0 Å². The highest BCUT2D eigenvalue weighted by Crippen LogP contribution is 2.29. The summed E-state index contributed by atoms with van der Waals surface area (Å²) in [5.74, 6) is 1.15. The molecule has 0 spiro atoms. The van der Waals surface area contributed by atoms with Crippen LogP contribution >= 0.6 is 0 Å². The molecule has 3 rings (SSSR count). The Labute approximate surface area is 175 Å². The predicted molar refractivity (Wildman–Crippen MR) is 115 cm³/mol. The molecule has 1 atom stereocenters. The molecule has 0 aliphatic carbocycles. The number of anilines is 1. The zero-order valence-electron chi connectivity index (χ0n) is 17.5. The number of piperidine rings is 1. The van der Waals surface area contributed by atoms with E-state index in [4.69, 9.17) is 9.47 Å². The van der Waals surface area contributed by atoms with Gasteiger partial charge < -0.3 is 14.8 Å². The smallest absolute Gasteiger partial charge is 0.292 e. The molecular weight excluding hydrogens is 386 g/mol. The van der Waals surface area contributed by atoms with Crippen LogP contribution in [0.25, 0.3) is 0 Å². The molecule has 1 fully saturated rings. The molecule has 0 radical (unpaired) electrons. The first-order chi connectivity index (χ1) is 14.4. The lowest BCUT2D eigenvalue weighted by Crippen LogP contribution is -2.46. The van der Waals surface area contributed by atoms with E-state index in [-0.39, 0.29) is 28.5 Å². The minimum atomic E-state index is -0.374. The molecule has 0 amide bonds. The van der Waals surface area contributed by atoms with Crippen molar-refractivity contribution in [2.45, 2.75) is 31.8 Å². The number of carbonyl (C=O) groups excluding carboxylic acids is 1. The maximum absolute atomic E-state index is 13.0. The van der Waals surface area contributed by atoms with Crippen LogP contribution in [-0.4, -0.2) is 55.0 Å². The van der Waals surface area contributed by atoms with Crippen LogP contribution < -0.4 is 14.8 Å². The Hall–Kier alpha value is -3.13. The van der Waals surface area contributed by atoms with E-state index in [1.807, 2.05) is 6.92 Å². The van der Waals surface area contributed by atoms with E-state index in [1.165, 1.54) is 6.07 Å². The first-order valence-corrected chi connectivity index (χ1v) is 9.94. The number of ketones is 1. The number of nitrogens with one attached hydrogen (secondary N) is 1. The quantitative estimate of drug-likeness (QED) is 0.400. The summed E-state index contributed by atoms with van der Waals surface area (Å²) in [5.41, 5.74) is 1.20. The third-order valence-corrected chi connectivity index (χ3v) is 5.59. The van der Waals surface area contributed by atoms with Gasteiger partial charge in [-0.15, -0.1) is 0 Å². The van der Waals surface area contributed by atoms with Crippen molar-refractivity contribution in [2.24, 2.45) is 0 Å². The summed E-state index contributed by atoms with van der Waals surface area (Å²) in [4.78, 5) is 26.0. The van der Waals surface area contributed by atoms with Crippen LogP contribution in [0.4, 0.5) is 11.4 Å². The van der Waals surface area contributed by atoms with E-state index < -0.39 is 0 Å². The van der Waals surface area contributed by atoms with Gasteiger partial charge in [0.05, 0.1) is 25.2 Å². The van der Waals surface area contributed by atoms with Gasteiger partial charge in [0.2, 0.25) is 0 Å². The number of rotatable bonds is 8. The Morgan fingerprint density at radius 3 is 2.43 bits per heavy atom. The van der Waals surface area contributed by atoms with Gasteiger partial charge in [-0.3, -0.25) is 19.8 Å². The van der Waals surface area contributed by atoms with Crippen molar-refractivity contribution < 1.29 is 19.2 Å². The molecule has 30 heavy (non-hydrogen) atoms. The van der Waals surface area contributed by atoms with E-state index in [9.17, 15) is 14.9 Å². The van der Waals surface area contributed by atoms with Crippen LogP contribution in [0.1, 0.15) is 30.1 Å². The summed E-state index contributed by atoms with van der Waals surface area (Å²) < 4.78 is 10.5. The van der Waals surface area contributed by atoms with E-state index in [2.05, 4.69) is 10.2 Å². The number of benzene rings is 2. The normalized spacial score (nSPS) is 16.0. The van der Waals surface area contributed by atoms with Crippen molar-refractivity contribution in [2.75, 3.05) is 32.6 Å². The Morgan fingerprint density at radius 2 is 1.80 bits per heavy atom. The first kappa shape index (κ1) is 21.6. The third-order valence-electron chi connectivity index (χ3n) is 5.59. The highest BCUT2D eigenvalue weighted by Gasteiger charge is 2.28. The fourth-order valence-electron chi connectivity index (χ4n) is 3.80. The molecule has 1 saturated heterocycles. The van der Waals surface area contributed by atoms with Gasteiger partial charge in [0, 0.05) is 30.8 Å². The second-order valence-corrected chi connectivity index (χ2v) is 7.34. The largest absolute Gasteiger partial charge is 0.493 e. The van der Waals surface area contributed by atoms with Gasteiger partial charge in [-0.2, -0.15) is 0 Å². The van der Waals surface area contributed by atoms with Crippen LogP contribution in [0.5, 0.6) is 11.5 Å². The summed E-state index contributed by atoms with van der Waals surface area (Å²) in [7, 11) is 3.11. The Morgan fingerprint density at radius 1 is 1.13 bits per heavy atom. The number of nitro groups is 1. The molecule has 1 unspecified atom stereocenters. The van der Waals surface area contributed by atoms with Gasteiger partial charge in [-0.25, -0.2) is 0 Å². The van der Waals surface area contributed by atoms with Gasteiger partial charge in [-0.1, -0.05) is 12.1 Å². The van der Waals surface area contributed by atoms with Crippen molar-refractivity contribution >= 4 is 17.2 Å². The molecule has 0 saturated carbocycles. The van der Waals surface area contributed by atoms with Crippen LogP contribution in [0.15, 0.2) is 42.5 Å².